The van der Waals surface area contributed by atoms with Crippen molar-refractivity contribution in [2.24, 2.45) is 0 Å². The van der Waals surface area contributed by atoms with Crippen molar-refractivity contribution >= 4 is 21.9 Å². The van der Waals surface area contributed by atoms with E-state index in [2.05, 4.69) is 140 Å². The number of benzene rings is 8. The summed E-state index contributed by atoms with van der Waals surface area (Å²) in [4.78, 5) is 15.1. The van der Waals surface area contributed by atoms with Crippen molar-refractivity contribution in [3.8, 4) is 78.7 Å². The molecule has 2 aromatic heterocycles. The molecule has 4 heteroatoms. The molecule has 2 heterocycles. The molecule has 0 saturated heterocycles. The molecule has 8 aromatic carbocycles. The fourth-order valence-corrected chi connectivity index (χ4v) is 7.32. The first kappa shape index (κ1) is 32.2. The molecule has 0 N–H and O–H groups in total. The van der Waals surface area contributed by atoms with Crippen LogP contribution in [-0.4, -0.2) is 15.0 Å². The predicted octanol–water partition coefficient (Wildman–Crippen LogP) is 13.4. The molecule has 0 aliphatic heterocycles. The SMILES string of the molecule is c1ccc(-c2cc(-c3ccccc3)cc(-c3cccc(-c4cccc(-c5nc(-c6ccccc6)nc(-c6ccc7oc8ccccc8c7c6)n5)c4)c3)c2)cc1. The van der Waals surface area contributed by atoms with Crippen molar-refractivity contribution in [1.29, 1.82) is 0 Å². The van der Waals surface area contributed by atoms with Crippen molar-refractivity contribution < 1.29 is 4.42 Å². The quantitative estimate of drug-likeness (QED) is 0.166. The number of aromatic nitrogens is 3. The molecule has 0 unspecified atom stereocenters. The van der Waals surface area contributed by atoms with Crippen LogP contribution in [-0.2, 0) is 0 Å². The van der Waals surface area contributed by atoms with E-state index in [1.165, 1.54) is 22.3 Å². The van der Waals surface area contributed by atoms with Gasteiger partial charge in [-0.15, -0.1) is 0 Å². The maximum Gasteiger partial charge on any atom is 0.164 e. The number of furan rings is 1. The highest BCUT2D eigenvalue weighted by molar-refractivity contribution is 6.06. The predicted molar refractivity (Wildman–Crippen MR) is 225 cm³/mol. The zero-order valence-electron chi connectivity index (χ0n) is 29.8. The van der Waals surface area contributed by atoms with Crippen LogP contribution in [0.4, 0.5) is 0 Å². The highest BCUT2D eigenvalue weighted by atomic mass is 16.3. The number of rotatable bonds is 7. The maximum atomic E-state index is 6.12. The van der Waals surface area contributed by atoms with Crippen LogP contribution < -0.4 is 0 Å². The molecule has 10 aromatic rings. The van der Waals surface area contributed by atoms with Gasteiger partial charge in [0.2, 0.25) is 0 Å². The summed E-state index contributed by atoms with van der Waals surface area (Å²) in [6.45, 7) is 0. The average Bonchev–Trinajstić information content (AvgIpc) is 3.65. The van der Waals surface area contributed by atoms with Crippen molar-refractivity contribution in [1.82, 2.24) is 15.0 Å². The highest BCUT2D eigenvalue weighted by Crippen LogP contribution is 2.36. The van der Waals surface area contributed by atoms with Crippen LogP contribution in [0.2, 0.25) is 0 Å². The lowest BCUT2D eigenvalue weighted by Crippen LogP contribution is -2.00. The highest BCUT2D eigenvalue weighted by Gasteiger charge is 2.16. The van der Waals surface area contributed by atoms with Gasteiger partial charge in [-0.2, -0.15) is 0 Å². The standard InChI is InChI=1S/C51H33N3O/c1-4-14-34(15-5-1)42-30-43(35-16-6-2-7-17-35)32-44(31-42)39-22-12-20-37(28-39)38-21-13-23-40(29-38)50-52-49(36-18-8-3-9-19-36)53-51(54-50)41-26-27-48-46(33-41)45-24-10-11-25-47(45)55-48/h1-33H. The van der Waals surface area contributed by atoms with E-state index in [1.54, 1.807) is 0 Å². The lowest BCUT2D eigenvalue weighted by molar-refractivity contribution is 0.669. The van der Waals surface area contributed by atoms with E-state index < -0.39 is 0 Å². The Labute approximate surface area is 319 Å². The van der Waals surface area contributed by atoms with E-state index in [0.717, 1.165) is 60.9 Å². The van der Waals surface area contributed by atoms with Crippen LogP contribution in [0.25, 0.3) is 101 Å². The normalized spacial score (nSPS) is 11.3. The Balaban J connectivity index is 1.06. The smallest absolute Gasteiger partial charge is 0.164 e. The van der Waals surface area contributed by atoms with Gasteiger partial charge in [0.1, 0.15) is 11.2 Å². The summed E-state index contributed by atoms with van der Waals surface area (Å²) < 4.78 is 6.12. The van der Waals surface area contributed by atoms with Crippen LogP contribution >= 0.6 is 0 Å². The second-order valence-corrected chi connectivity index (χ2v) is 13.7. The second-order valence-electron chi connectivity index (χ2n) is 13.7. The minimum absolute atomic E-state index is 0.607. The Bertz CT molecular complexity index is 2910. The fourth-order valence-electron chi connectivity index (χ4n) is 7.32. The van der Waals surface area contributed by atoms with Crippen LogP contribution in [0, 0.1) is 0 Å². The van der Waals surface area contributed by atoms with Gasteiger partial charge in [-0.25, -0.2) is 15.0 Å². The van der Waals surface area contributed by atoms with Gasteiger partial charge in [-0.1, -0.05) is 146 Å². The fraction of sp³-hybridized carbons (Fsp3) is 0. The summed E-state index contributed by atoms with van der Waals surface area (Å²) in [5.74, 6) is 1.84. The van der Waals surface area contributed by atoms with E-state index in [0.29, 0.717) is 17.5 Å². The molecule has 4 nitrogen and oxygen atoms in total. The molecule has 0 aliphatic carbocycles. The Morgan fingerprint density at radius 3 is 1.22 bits per heavy atom. The lowest BCUT2D eigenvalue weighted by Gasteiger charge is -2.13. The largest absolute Gasteiger partial charge is 0.456 e. The van der Waals surface area contributed by atoms with Gasteiger partial charge in [0.25, 0.3) is 0 Å². The molecule has 0 radical (unpaired) electrons. The number of hydrogen-bond acceptors (Lipinski definition) is 4. The molecule has 0 spiro atoms. The summed E-state index contributed by atoms with van der Waals surface area (Å²) in [7, 11) is 0. The number of hydrogen-bond donors (Lipinski definition) is 0. The first-order chi connectivity index (χ1) is 27.2. The van der Waals surface area contributed by atoms with E-state index in [-0.39, 0.29) is 0 Å². The van der Waals surface area contributed by atoms with Crippen molar-refractivity contribution in [3.05, 3.63) is 200 Å². The molecule has 0 atom stereocenters. The Kier molecular flexibility index (Phi) is 8.12. The Morgan fingerprint density at radius 2 is 0.618 bits per heavy atom. The molecule has 10 rings (SSSR count). The van der Waals surface area contributed by atoms with Crippen LogP contribution in [0.5, 0.6) is 0 Å². The molecule has 55 heavy (non-hydrogen) atoms. The third kappa shape index (κ3) is 6.36. The van der Waals surface area contributed by atoms with Gasteiger partial charge >= 0.3 is 0 Å². The topological polar surface area (TPSA) is 51.8 Å². The van der Waals surface area contributed by atoms with Crippen LogP contribution in [0.15, 0.2) is 205 Å². The summed E-state index contributed by atoms with van der Waals surface area (Å²) in [6, 6.07) is 69.6. The maximum absolute atomic E-state index is 6.12. The van der Waals surface area contributed by atoms with Gasteiger partial charge < -0.3 is 4.42 Å². The zero-order chi connectivity index (χ0) is 36.6. The third-order valence-electron chi connectivity index (χ3n) is 10.1. The molecule has 258 valence electrons. The molecular formula is C51H33N3O. The van der Waals surface area contributed by atoms with Gasteiger partial charge in [-0.3, -0.25) is 0 Å². The molecule has 0 bridgehead atoms. The lowest BCUT2D eigenvalue weighted by atomic mass is 9.92. The molecule has 0 amide bonds. The van der Waals surface area contributed by atoms with Crippen molar-refractivity contribution in [3.63, 3.8) is 0 Å². The third-order valence-corrected chi connectivity index (χ3v) is 10.1. The minimum Gasteiger partial charge on any atom is -0.456 e. The van der Waals surface area contributed by atoms with Gasteiger partial charge in [0.05, 0.1) is 0 Å². The van der Waals surface area contributed by atoms with Gasteiger partial charge in [-0.05, 0) is 99.1 Å². The Hall–Kier alpha value is -7.43. The number of nitrogens with zero attached hydrogens (tertiary/aromatic N) is 3. The minimum atomic E-state index is 0.607. The van der Waals surface area contributed by atoms with E-state index in [4.69, 9.17) is 19.4 Å². The van der Waals surface area contributed by atoms with Gasteiger partial charge in [0, 0.05) is 27.5 Å². The summed E-state index contributed by atoms with van der Waals surface area (Å²) in [5, 5.41) is 2.10. The molecule has 0 aliphatic rings. The van der Waals surface area contributed by atoms with Gasteiger partial charge in [0.15, 0.2) is 17.5 Å². The van der Waals surface area contributed by atoms with E-state index >= 15 is 0 Å². The first-order valence-electron chi connectivity index (χ1n) is 18.4. The molecule has 0 fully saturated rings. The monoisotopic (exact) mass is 703 g/mol. The van der Waals surface area contributed by atoms with E-state index in [1.807, 2.05) is 60.7 Å². The summed E-state index contributed by atoms with van der Waals surface area (Å²) in [6.07, 6.45) is 0. The summed E-state index contributed by atoms with van der Waals surface area (Å²) in [5.41, 5.74) is 13.7. The second kappa shape index (κ2) is 13.8. The number of para-hydroxylation sites is 1. The first-order valence-corrected chi connectivity index (χ1v) is 18.4. The van der Waals surface area contributed by atoms with Crippen molar-refractivity contribution in [2.75, 3.05) is 0 Å². The van der Waals surface area contributed by atoms with Crippen molar-refractivity contribution in [2.45, 2.75) is 0 Å². The molecule has 0 saturated carbocycles. The average molecular weight is 704 g/mol. The zero-order valence-corrected chi connectivity index (χ0v) is 29.8. The van der Waals surface area contributed by atoms with E-state index in [9.17, 15) is 0 Å². The number of fused-ring (bicyclic) bond motifs is 3. The Morgan fingerprint density at radius 1 is 0.236 bits per heavy atom. The van der Waals surface area contributed by atoms with Crippen LogP contribution in [0.3, 0.4) is 0 Å². The molecular weight excluding hydrogens is 671 g/mol. The van der Waals surface area contributed by atoms with Crippen LogP contribution in [0.1, 0.15) is 0 Å². The summed E-state index contributed by atoms with van der Waals surface area (Å²) >= 11 is 0.